The number of hydrogen-bond donors (Lipinski definition) is 1. The minimum absolute atomic E-state index is 0.203. The number of fused-ring (bicyclic) bond motifs is 1. The first-order valence-electron chi connectivity index (χ1n) is 6.65. The molecule has 0 bridgehead atoms. The van der Waals surface area contributed by atoms with Crippen molar-refractivity contribution in [2.75, 3.05) is 6.61 Å². The number of hydrogen-bond acceptors (Lipinski definition) is 3. The Balaban J connectivity index is 1.68. The van der Waals surface area contributed by atoms with Gasteiger partial charge < -0.3 is 10.5 Å². The number of pyridine rings is 1. The molecule has 17 heavy (non-hydrogen) atoms. The van der Waals surface area contributed by atoms with Crippen LogP contribution in [-0.2, 0) is 11.2 Å². The highest BCUT2D eigenvalue weighted by Crippen LogP contribution is 2.35. The van der Waals surface area contributed by atoms with E-state index in [1.807, 2.05) is 12.3 Å². The summed E-state index contributed by atoms with van der Waals surface area (Å²) in [5, 5.41) is 0. The number of nitrogens with two attached hydrogens (primary N) is 1. The van der Waals surface area contributed by atoms with E-state index in [0.29, 0.717) is 12.0 Å². The fourth-order valence-corrected chi connectivity index (χ4v) is 3.16. The zero-order valence-corrected chi connectivity index (χ0v) is 10.1. The molecule has 0 amide bonds. The Kier molecular flexibility index (Phi) is 3.12. The van der Waals surface area contributed by atoms with Crippen LogP contribution < -0.4 is 5.73 Å². The summed E-state index contributed by atoms with van der Waals surface area (Å²) >= 11 is 0. The third-order valence-corrected chi connectivity index (χ3v) is 4.08. The molecular weight excluding hydrogens is 212 g/mol. The Morgan fingerprint density at radius 2 is 2.41 bits per heavy atom. The van der Waals surface area contributed by atoms with Crippen LogP contribution in [0.2, 0.25) is 0 Å². The number of nitrogens with zero attached hydrogens (tertiary/aromatic N) is 1. The normalized spacial score (nSPS) is 29.2. The highest BCUT2D eigenvalue weighted by molar-refractivity contribution is 5.29. The summed E-state index contributed by atoms with van der Waals surface area (Å²) < 4.78 is 5.67. The maximum Gasteiger partial charge on any atom is 0.0591 e. The quantitative estimate of drug-likeness (QED) is 0.867. The van der Waals surface area contributed by atoms with Gasteiger partial charge in [0.15, 0.2) is 0 Å². The topological polar surface area (TPSA) is 48.1 Å². The molecule has 1 aliphatic carbocycles. The van der Waals surface area contributed by atoms with Crippen molar-refractivity contribution in [3.8, 4) is 0 Å². The Morgan fingerprint density at radius 1 is 1.47 bits per heavy atom. The van der Waals surface area contributed by atoms with E-state index in [0.717, 1.165) is 25.9 Å². The summed E-state index contributed by atoms with van der Waals surface area (Å²) in [6.07, 6.45) is 7.91. The average molecular weight is 232 g/mol. The van der Waals surface area contributed by atoms with Crippen LogP contribution >= 0.6 is 0 Å². The molecule has 3 atom stereocenters. The van der Waals surface area contributed by atoms with Gasteiger partial charge in [-0.3, -0.25) is 4.98 Å². The lowest BCUT2D eigenvalue weighted by Crippen LogP contribution is -2.31. The van der Waals surface area contributed by atoms with E-state index in [1.54, 1.807) is 0 Å². The van der Waals surface area contributed by atoms with E-state index >= 15 is 0 Å². The summed E-state index contributed by atoms with van der Waals surface area (Å²) in [6.45, 7) is 0.914. The Bertz CT molecular complexity index is 388. The van der Waals surface area contributed by atoms with E-state index in [-0.39, 0.29) is 6.04 Å². The molecule has 3 rings (SSSR count). The number of aryl methyl sites for hydroxylation is 1. The SMILES string of the molecule is NC(CC1CCCO1)C1CCc2cccnc21. The molecule has 0 aromatic carbocycles. The second-order valence-corrected chi connectivity index (χ2v) is 5.23. The molecular formula is C14H20N2O. The molecule has 3 nitrogen and oxygen atoms in total. The Hall–Kier alpha value is -0.930. The molecule has 2 N–H and O–H groups in total. The zero-order valence-electron chi connectivity index (χ0n) is 10.1. The van der Waals surface area contributed by atoms with Crippen LogP contribution in [0.15, 0.2) is 18.3 Å². The van der Waals surface area contributed by atoms with Gasteiger partial charge in [-0.05, 0) is 43.7 Å². The molecule has 1 aromatic rings. The molecule has 3 unspecified atom stereocenters. The van der Waals surface area contributed by atoms with Crippen molar-refractivity contribution in [2.24, 2.45) is 5.73 Å². The van der Waals surface area contributed by atoms with Crippen molar-refractivity contribution in [2.45, 2.75) is 50.2 Å². The third kappa shape index (κ3) is 2.22. The van der Waals surface area contributed by atoms with Crippen LogP contribution in [0.1, 0.15) is 42.9 Å². The molecule has 0 spiro atoms. The molecule has 0 saturated carbocycles. The Morgan fingerprint density at radius 3 is 3.24 bits per heavy atom. The van der Waals surface area contributed by atoms with Crippen LogP contribution in [0.5, 0.6) is 0 Å². The van der Waals surface area contributed by atoms with E-state index in [4.69, 9.17) is 10.5 Å². The maximum absolute atomic E-state index is 6.35. The van der Waals surface area contributed by atoms with Gasteiger partial charge in [-0.25, -0.2) is 0 Å². The van der Waals surface area contributed by atoms with Crippen molar-refractivity contribution in [1.29, 1.82) is 0 Å². The van der Waals surface area contributed by atoms with Gasteiger partial charge >= 0.3 is 0 Å². The van der Waals surface area contributed by atoms with Gasteiger partial charge in [-0.1, -0.05) is 6.07 Å². The van der Waals surface area contributed by atoms with Crippen LogP contribution in [0, 0.1) is 0 Å². The summed E-state index contributed by atoms with van der Waals surface area (Å²) in [7, 11) is 0. The van der Waals surface area contributed by atoms with Gasteiger partial charge in [0.25, 0.3) is 0 Å². The van der Waals surface area contributed by atoms with Gasteiger partial charge in [-0.2, -0.15) is 0 Å². The summed E-state index contributed by atoms with van der Waals surface area (Å²) in [4.78, 5) is 4.52. The van der Waals surface area contributed by atoms with Crippen molar-refractivity contribution >= 4 is 0 Å². The Labute approximate surface area is 102 Å². The third-order valence-electron chi connectivity index (χ3n) is 4.08. The average Bonchev–Trinajstić information content (AvgIpc) is 2.96. The first-order chi connectivity index (χ1) is 8.34. The lowest BCUT2D eigenvalue weighted by atomic mass is 9.92. The second kappa shape index (κ2) is 4.75. The van der Waals surface area contributed by atoms with Gasteiger partial charge in [0, 0.05) is 30.5 Å². The van der Waals surface area contributed by atoms with Crippen LogP contribution in [-0.4, -0.2) is 23.7 Å². The van der Waals surface area contributed by atoms with Crippen LogP contribution in [0.25, 0.3) is 0 Å². The highest BCUT2D eigenvalue weighted by Gasteiger charge is 2.31. The predicted molar refractivity (Wildman–Crippen MR) is 66.9 cm³/mol. The van der Waals surface area contributed by atoms with E-state index in [9.17, 15) is 0 Å². The predicted octanol–water partition coefficient (Wildman–Crippen LogP) is 2.01. The van der Waals surface area contributed by atoms with Crippen molar-refractivity contribution in [3.05, 3.63) is 29.6 Å². The number of ether oxygens (including phenoxy) is 1. The van der Waals surface area contributed by atoms with E-state index in [1.165, 1.54) is 24.1 Å². The first-order valence-corrected chi connectivity index (χ1v) is 6.65. The molecule has 2 heterocycles. The molecule has 3 heteroatoms. The first kappa shape index (κ1) is 11.2. The van der Waals surface area contributed by atoms with E-state index < -0.39 is 0 Å². The highest BCUT2D eigenvalue weighted by atomic mass is 16.5. The van der Waals surface area contributed by atoms with Crippen LogP contribution in [0.4, 0.5) is 0 Å². The fraction of sp³-hybridized carbons (Fsp3) is 0.643. The van der Waals surface area contributed by atoms with Gasteiger partial charge in [0.05, 0.1) is 6.10 Å². The molecule has 1 aliphatic heterocycles. The molecule has 1 saturated heterocycles. The minimum Gasteiger partial charge on any atom is -0.378 e. The number of aromatic nitrogens is 1. The zero-order chi connectivity index (χ0) is 11.7. The second-order valence-electron chi connectivity index (χ2n) is 5.23. The van der Waals surface area contributed by atoms with Gasteiger partial charge in [0.2, 0.25) is 0 Å². The fourth-order valence-electron chi connectivity index (χ4n) is 3.16. The maximum atomic E-state index is 6.35. The largest absolute Gasteiger partial charge is 0.378 e. The summed E-state index contributed by atoms with van der Waals surface area (Å²) in [5.41, 5.74) is 8.98. The molecule has 2 aliphatic rings. The van der Waals surface area contributed by atoms with E-state index in [2.05, 4.69) is 11.1 Å². The monoisotopic (exact) mass is 232 g/mol. The van der Waals surface area contributed by atoms with Gasteiger partial charge in [0.1, 0.15) is 0 Å². The summed E-state index contributed by atoms with van der Waals surface area (Å²) in [6, 6.07) is 4.41. The van der Waals surface area contributed by atoms with Crippen molar-refractivity contribution in [1.82, 2.24) is 4.98 Å². The molecule has 1 aromatic heterocycles. The molecule has 92 valence electrons. The number of rotatable bonds is 3. The lowest BCUT2D eigenvalue weighted by molar-refractivity contribution is 0.0956. The van der Waals surface area contributed by atoms with Crippen molar-refractivity contribution in [3.63, 3.8) is 0 Å². The van der Waals surface area contributed by atoms with Crippen LogP contribution in [0.3, 0.4) is 0 Å². The smallest absolute Gasteiger partial charge is 0.0591 e. The standard InChI is InChI=1S/C14H20N2O/c15-13(9-11-4-2-8-17-11)12-6-5-10-3-1-7-16-14(10)12/h1,3,7,11-13H,2,4-6,8-9,15H2. The molecule has 0 radical (unpaired) electrons. The minimum atomic E-state index is 0.203. The molecule has 1 fully saturated rings. The lowest BCUT2D eigenvalue weighted by Gasteiger charge is -2.22. The van der Waals surface area contributed by atoms with Gasteiger partial charge in [-0.15, -0.1) is 0 Å². The van der Waals surface area contributed by atoms with Crippen molar-refractivity contribution < 1.29 is 4.74 Å². The summed E-state index contributed by atoms with van der Waals surface area (Å²) in [5.74, 6) is 0.440.